The van der Waals surface area contributed by atoms with E-state index in [1.54, 1.807) is 6.92 Å². The number of carbonyl (C=O) groups is 1. The summed E-state index contributed by atoms with van der Waals surface area (Å²) in [6.45, 7) is 1.89. The summed E-state index contributed by atoms with van der Waals surface area (Å²) in [4.78, 5) is 21.8. The van der Waals surface area contributed by atoms with E-state index in [1.807, 2.05) is 0 Å². The van der Waals surface area contributed by atoms with E-state index < -0.39 is 10.9 Å². The average molecular weight is 326 g/mol. The largest absolute Gasteiger partial charge is 0.484 e. The van der Waals surface area contributed by atoms with Crippen molar-refractivity contribution >= 4 is 23.3 Å². The highest BCUT2D eigenvalue weighted by Gasteiger charge is 2.17. The fourth-order valence-electron chi connectivity index (χ4n) is 1.71. The number of rotatable bonds is 6. The molecule has 0 saturated heterocycles. The number of nitro benzene ring substituents is 1. The van der Waals surface area contributed by atoms with Crippen molar-refractivity contribution in [1.82, 2.24) is 0 Å². The van der Waals surface area contributed by atoms with Crippen LogP contribution in [0.5, 0.6) is 5.75 Å². The maximum atomic E-state index is 11.7. The van der Waals surface area contributed by atoms with E-state index in [0.717, 1.165) is 0 Å². The Labute approximate surface area is 130 Å². The molecular formula is C14H12ClNO6. The standard InChI is InChI=1S/C14H12ClNO6/c1-2-20-14(17)10-5-6-21-13(10)8-22-12-4-3-9(16(18)19)7-11(12)15/h3-7H,2,8H2,1H3. The monoisotopic (exact) mass is 325 g/mol. The van der Waals surface area contributed by atoms with Gasteiger partial charge in [0.1, 0.15) is 17.9 Å². The third-order valence-corrected chi connectivity index (χ3v) is 3.02. The van der Waals surface area contributed by atoms with E-state index in [-0.39, 0.29) is 41.0 Å². The predicted octanol–water partition coefficient (Wildman–Crippen LogP) is 3.60. The van der Waals surface area contributed by atoms with Crippen LogP contribution in [0.25, 0.3) is 0 Å². The van der Waals surface area contributed by atoms with Gasteiger partial charge in [-0.1, -0.05) is 11.6 Å². The molecule has 0 unspecified atom stereocenters. The van der Waals surface area contributed by atoms with Gasteiger partial charge in [-0.3, -0.25) is 10.1 Å². The Morgan fingerprint density at radius 2 is 2.18 bits per heavy atom. The SMILES string of the molecule is CCOC(=O)c1ccoc1COc1ccc([N+](=O)[O-])cc1Cl. The molecule has 2 rings (SSSR count). The molecular weight excluding hydrogens is 314 g/mol. The van der Waals surface area contributed by atoms with Crippen LogP contribution in [0.1, 0.15) is 23.0 Å². The zero-order chi connectivity index (χ0) is 16.1. The third kappa shape index (κ3) is 3.56. The summed E-state index contributed by atoms with van der Waals surface area (Å²) in [7, 11) is 0. The quantitative estimate of drug-likeness (QED) is 0.458. The first-order valence-electron chi connectivity index (χ1n) is 6.33. The number of benzene rings is 1. The number of esters is 1. The molecule has 0 bridgehead atoms. The zero-order valence-corrected chi connectivity index (χ0v) is 12.3. The minimum absolute atomic E-state index is 0.0569. The fraction of sp³-hybridized carbons (Fsp3) is 0.214. The van der Waals surface area contributed by atoms with Crippen molar-refractivity contribution in [3.05, 3.63) is 57.0 Å². The minimum atomic E-state index is -0.555. The molecule has 8 heteroatoms. The van der Waals surface area contributed by atoms with E-state index in [9.17, 15) is 14.9 Å². The molecule has 0 aliphatic carbocycles. The summed E-state index contributed by atoms with van der Waals surface area (Å²) < 4.78 is 15.5. The molecule has 2 aromatic rings. The Bertz CT molecular complexity index is 696. The summed E-state index contributed by atoms with van der Waals surface area (Å²) in [5.41, 5.74) is 0.127. The van der Waals surface area contributed by atoms with Gasteiger partial charge in [0.2, 0.25) is 0 Å². The van der Waals surface area contributed by atoms with Gasteiger partial charge in [-0.15, -0.1) is 0 Å². The molecule has 0 spiro atoms. The van der Waals surface area contributed by atoms with Crippen molar-refractivity contribution in [2.45, 2.75) is 13.5 Å². The second kappa shape index (κ2) is 6.95. The molecule has 7 nitrogen and oxygen atoms in total. The first-order valence-corrected chi connectivity index (χ1v) is 6.71. The van der Waals surface area contributed by atoms with E-state index in [0.29, 0.717) is 0 Å². The number of furan rings is 1. The number of nitrogens with zero attached hydrogens (tertiary/aromatic N) is 1. The number of carbonyl (C=O) groups excluding carboxylic acids is 1. The van der Waals surface area contributed by atoms with Crippen LogP contribution in [-0.4, -0.2) is 17.5 Å². The number of nitro groups is 1. The van der Waals surface area contributed by atoms with Crippen LogP contribution in [0.2, 0.25) is 5.02 Å². The van der Waals surface area contributed by atoms with E-state index in [4.69, 9.17) is 25.5 Å². The van der Waals surface area contributed by atoms with Gasteiger partial charge in [0.05, 0.1) is 22.8 Å². The zero-order valence-electron chi connectivity index (χ0n) is 11.6. The maximum Gasteiger partial charge on any atom is 0.341 e. The smallest absolute Gasteiger partial charge is 0.341 e. The lowest BCUT2D eigenvalue weighted by Crippen LogP contribution is -2.07. The topological polar surface area (TPSA) is 91.8 Å². The summed E-state index contributed by atoms with van der Waals surface area (Å²) in [5.74, 6) is 0.0241. The molecule has 116 valence electrons. The molecule has 0 saturated carbocycles. The van der Waals surface area contributed by atoms with Crippen molar-refractivity contribution in [3.8, 4) is 5.75 Å². The highest BCUT2D eigenvalue weighted by Crippen LogP contribution is 2.29. The van der Waals surface area contributed by atoms with Crippen LogP contribution >= 0.6 is 11.6 Å². The highest BCUT2D eigenvalue weighted by atomic mass is 35.5. The van der Waals surface area contributed by atoms with Crippen LogP contribution in [-0.2, 0) is 11.3 Å². The van der Waals surface area contributed by atoms with Crippen LogP contribution in [0.4, 0.5) is 5.69 Å². The van der Waals surface area contributed by atoms with Crippen LogP contribution in [0.15, 0.2) is 34.9 Å². The van der Waals surface area contributed by atoms with Crippen molar-refractivity contribution in [3.63, 3.8) is 0 Å². The number of non-ortho nitro benzene ring substituents is 1. The molecule has 0 aliphatic heterocycles. The van der Waals surface area contributed by atoms with E-state index in [1.165, 1.54) is 30.5 Å². The predicted molar refractivity (Wildman–Crippen MR) is 77.1 cm³/mol. The van der Waals surface area contributed by atoms with Gasteiger partial charge < -0.3 is 13.9 Å². The summed E-state index contributed by atoms with van der Waals surface area (Å²) in [5, 5.41) is 10.7. The molecule has 0 amide bonds. The van der Waals surface area contributed by atoms with Crippen molar-refractivity contribution in [2.75, 3.05) is 6.61 Å². The summed E-state index contributed by atoms with van der Waals surface area (Å²) >= 11 is 5.91. The van der Waals surface area contributed by atoms with Crippen LogP contribution < -0.4 is 4.74 Å². The molecule has 22 heavy (non-hydrogen) atoms. The van der Waals surface area contributed by atoms with Gasteiger partial charge in [-0.25, -0.2) is 4.79 Å². The number of halogens is 1. The van der Waals surface area contributed by atoms with Gasteiger partial charge in [-0.05, 0) is 19.1 Å². The molecule has 1 aromatic carbocycles. The second-order valence-corrected chi connectivity index (χ2v) is 4.55. The van der Waals surface area contributed by atoms with Crippen molar-refractivity contribution in [2.24, 2.45) is 0 Å². The maximum absolute atomic E-state index is 11.7. The lowest BCUT2D eigenvalue weighted by molar-refractivity contribution is -0.384. The lowest BCUT2D eigenvalue weighted by Gasteiger charge is -2.07. The van der Waals surface area contributed by atoms with Crippen molar-refractivity contribution < 1.29 is 23.6 Å². The van der Waals surface area contributed by atoms with Crippen LogP contribution in [0, 0.1) is 10.1 Å². The molecule has 0 atom stereocenters. The number of hydrogen-bond donors (Lipinski definition) is 0. The van der Waals surface area contributed by atoms with Gasteiger partial charge in [0, 0.05) is 12.1 Å². The average Bonchev–Trinajstić information content (AvgIpc) is 2.94. The number of ether oxygens (including phenoxy) is 2. The minimum Gasteiger partial charge on any atom is -0.484 e. The van der Waals surface area contributed by atoms with Gasteiger partial charge in [-0.2, -0.15) is 0 Å². The Balaban J connectivity index is 2.09. The van der Waals surface area contributed by atoms with Crippen molar-refractivity contribution in [1.29, 1.82) is 0 Å². The Kier molecular flexibility index (Phi) is 5.00. The Morgan fingerprint density at radius 1 is 1.41 bits per heavy atom. The molecule has 0 N–H and O–H groups in total. The van der Waals surface area contributed by atoms with Gasteiger partial charge in [0.25, 0.3) is 5.69 Å². The fourth-order valence-corrected chi connectivity index (χ4v) is 1.94. The normalized spacial score (nSPS) is 10.3. The van der Waals surface area contributed by atoms with E-state index in [2.05, 4.69) is 0 Å². The first kappa shape index (κ1) is 15.8. The molecule has 0 radical (unpaired) electrons. The summed E-state index contributed by atoms with van der Waals surface area (Å²) in [6.07, 6.45) is 1.35. The van der Waals surface area contributed by atoms with Gasteiger partial charge in [0.15, 0.2) is 5.76 Å². The third-order valence-electron chi connectivity index (χ3n) is 2.73. The molecule has 1 heterocycles. The molecule has 0 aliphatic rings. The first-order chi connectivity index (χ1) is 10.5. The van der Waals surface area contributed by atoms with Crippen LogP contribution in [0.3, 0.4) is 0 Å². The van der Waals surface area contributed by atoms with E-state index >= 15 is 0 Å². The van der Waals surface area contributed by atoms with Gasteiger partial charge >= 0.3 is 5.97 Å². The summed E-state index contributed by atoms with van der Waals surface area (Å²) in [6, 6.07) is 5.32. The molecule has 1 aromatic heterocycles. The second-order valence-electron chi connectivity index (χ2n) is 4.14. The Morgan fingerprint density at radius 3 is 2.82 bits per heavy atom. The number of hydrogen-bond acceptors (Lipinski definition) is 6. The lowest BCUT2D eigenvalue weighted by atomic mass is 10.2. The highest BCUT2D eigenvalue weighted by molar-refractivity contribution is 6.32. The molecule has 0 fully saturated rings. The Hall–Kier alpha value is -2.54.